The Morgan fingerprint density at radius 3 is 2.47 bits per heavy atom. The summed E-state index contributed by atoms with van der Waals surface area (Å²) in [7, 11) is 4.25. The summed E-state index contributed by atoms with van der Waals surface area (Å²) in [6.45, 7) is 6.21. The first kappa shape index (κ1) is 16.8. The minimum absolute atomic E-state index is 0.540. The van der Waals surface area contributed by atoms with Gasteiger partial charge in [-0.15, -0.1) is 0 Å². The smallest absolute Gasteiger partial charge is 0.0637 e. The van der Waals surface area contributed by atoms with Crippen molar-refractivity contribution in [2.75, 3.05) is 20.6 Å². The predicted octanol–water partition coefficient (Wildman–Crippen LogP) is 4.06. The quantitative estimate of drug-likeness (QED) is 0.817. The predicted molar refractivity (Wildman–Crippen MR) is 85.1 cm³/mol. The van der Waals surface area contributed by atoms with Gasteiger partial charge in [0.1, 0.15) is 0 Å². The lowest BCUT2D eigenvalue weighted by Crippen LogP contribution is -2.38. The molecule has 0 fully saturated rings. The van der Waals surface area contributed by atoms with Gasteiger partial charge in [0.15, 0.2) is 0 Å². The molecule has 0 radical (unpaired) electrons. The zero-order valence-corrected chi connectivity index (χ0v) is 13.7. The summed E-state index contributed by atoms with van der Waals surface area (Å²) in [6, 6.07) is 6.30. The summed E-state index contributed by atoms with van der Waals surface area (Å²) in [5, 5.41) is 4.74. The Labute approximate surface area is 127 Å². The molecule has 0 bridgehead atoms. The van der Waals surface area contributed by atoms with E-state index in [1.165, 1.54) is 6.42 Å². The lowest BCUT2D eigenvalue weighted by atomic mass is 10.0. The first-order valence-electron chi connectivity index (χ1n) is 6.71. The van der Waals surface area contributed by atoms with E-state index < -0.39 is 0 Å². The van der Waals surface area contributed by atoms with Crippen LogP contribution in [0.4, 0.5) is 0 Å². The SMILES string of the molecule is CC(C)CC(CNCc1cccc(Cl)c1Cl)N(C)C. The number of likely N-dealkylation sites (N-methyl/N-ethyl adjacent to an activating group) is 1. The normalized spacial score (nSPS) is 13.3. The highest BCUT2D eigenvalue weighted by Crippen LogP contribution is 2.25. The summed E-state index contributed by atoms with van der Waals surface area (Å²) < 4.78 is 0. The van der Waals surface area contributed by atoms with Crippen molar-refractivity contribution in [1.29, 1.82) is 0 Å². The van der Waals surface area contributed by atoms with Crippen molar-refractivity contribution < 1.29 is 0 Å². The summed E-state index contributed by atoms with van der Waals surface area (Å²) in [5.74, 6) is 0.698. The molecule has 19 heavy (non-hydrogen) atoms. The molecule has 108 valence electrons. The minimum atomic E-state index is 0.540. The molecule has 1 aromatic rings. The average molecular weight is 303 g/mol. The second kappa shape index (κ2) is 8.11. The van der Waals surface area contributed by atoms with E-state index in [0.717, 1.165) is 18.7 Å². The molecule has 2 nitrogen and oxygen atoms in total. The summed E-state index contributed by atoms with van der Waals surface area (Å²) in [4.78, 5) is 2.27. The van der Waals surface area contributed by atoms with E-state index >= 15 is 0 Å². The van der Waals surface area contributed by atoms with E-state index in [9.17, 15) is 0 Å². The van der Waals surface area contributed by atoms with Gasteiger partial charge in [-0.1, -0.05) is 49.2 Å². The average Bonchev–Trinajstić information content (AvgIpc) is 2.32. The number of rotatable bonds is 7. The van der Waals surface area contributed by atoms with Crippen LogP contribution in [0.25, 0.3) is 0 Å². The van der Waals surface area contributed by atoms with Crippen molar-refractivity contribution in [3.8, 4) is 0 Å². The van der Waals surface area contributed by atoms with Crippen LogP contribution in [0, 0.1) is 5.92 Å². The lowest BCUT2D eigenvalue weighted by molar-refractivity contribution is 0.246. The van der Waals surface area contributed by atoms with Gasteiger partial charge in [0, 0.05) is 19.1 Å². The van der Waals surface area contributed by atoms with Gasteiger partial charge in [0.05, 0.1) is 10.0 Å². The van der Waals surface area contributed by atoms with Crippen LogP contribution in [0.15, 0.2) is 18.2 Å². The fraction of sp³-hybridized carbons (Fsp3) is 0.600. The van der Waals surface area contributed by atoms with Crippen LogP contribution in [0.3, 0.4) is 0 Å². The highest BCUT2D eigenvalue weighted by molar-refractivity contribution is 6.42. The zero-order valence-electron chi connectivity index (χ0n) is 12.2. The number of halogens is 2. The van der Waals surface area contributed by atoms with Crippen molar-refractivity contribution in [3.63, 3.8) is 0 Å². The maximum absolute atomic E-state index is 6.17. The Hall–Kier alpha value is -0.280. The van der Waals surface area contributed by atoms with E-state index in [2.05, 4.69) is 38.2 Å². The van der Waals surface area contributed by atoms with Crippen LogP contribution in [-0.2, 0) is 6.54 Å². The van der Waals surface area contributed by atoms with E-state index in [0.29, 0.717) is 22.0 Å². The van der Waals surface area contributed by atoms with Crippen molar-refractivity contribution in [1.82, 2.24) is 10.2 Å². The molecule has 0 saturated carbocycles. The molecule has 1 N–H and O–H groups in total. The largest absolute Gasteiger partial charge is 0.311 e. The highest BCUT2D eigenvalue weighted by Gasteiger charge is 2.13. The standard InChI is InChI=1S/C15H24Cl2N2/c1-11(2)8-13(19(3)4)10-18-9-12-6-5-7-14(16)15(12)17/h5-7,11,13,18H,8-10H2,1-4H3. The number of nitrogens with zero attached hydrogens (tertiary/aromatic N) is 1. The van der Waals surface area contributed by atoms with Gasteiger partial charge in [-0.05, 0) is 38.1 Å². The third kappa shape index (κ3) is 5.70. The Bertz CT molecular complexity index is 392. The molecule has 0 spiro atoms. The Kier molecular flexibility index (Phi) is 7.16. The molecule has 0 aliphatic carbocycles. The molecular weight excluding hydrogens is 279 g/mol. The van der Waals surface area contributed by atoms with E-state index in [1.54, 1.807) is 0 Å². The number of nitrogens with one attached hydrogen (secondary N) is 1. The Morgan fingerprint density at radius 2 is 1.89 bits per heavy atom. The molecule has 0 aromatic heterocycles. The molecule has 1 atom stereocenters. The molecule has 0 aliphatic rings. The maximum Gasteiger partial charge on any atom is 0.0637 e. The number of hydrogen-bond acceptors (Lipinski definition) is 2. The van der Waals surface area contributed by atoms with Gasteiger partial charge in [0.25, 0.3) is 0 Å². The van der Waals surface area contributed by atoms with Gasteiger partial charge >= 0.3 is 0 Å². The van der Waals surface area contributed by atoms with Crippen LogP contribution >= 0.6 is 23.2 Å². The summed E-state index contributed by atoms with van der Waals surface area (Å²) >= 11 is 12.2. The topological polar surface area (TPSA) is 15.3 Å². The zero-order chi connectivity index (χ0) is 14.4. The lowest BCUT2D eigenvalue weighted by Gasteiger charge is -2.26. The maximum atomic E-state index is 6.17. The first-order valence-corrected chi connectivity index (χ1v) is 7.47. The van der Waals surface area contributed by atoms with Gasteiger partial charge in [-0.3, -0.25) is 0 Å². The van der Waals surface area contributed by atoms with Crippen molar-refractivity contribution in [3.05, 3.63) is 33.8 Å². The Balaban J connectivity index is 2.50. The molecule has 0 saturated heterocycles. The van der Waals surface area contributed by atoms with Gasteiger partial charge in [0.2, 0.25) is 0 Å². The second-order valence-electron chi connectivity index (χ2n) is 5.59. The molecule has 0 heterocycles. The van der Waals surface area contributed by atoms with E-state index in [4.69, 9.17) is 23.2 Å². The summed E-state index contributed by atoms with van der Waals surface area (Å²) in [5.41, 5.74) is 1.05. The monoisotopic (exact) mass is 302 g/mol. The van der Waals surface area contributed by atoms with Crippen LogP contribution in [0.1, 0.15) is 25.8 Å². The number of hydrogen-bond donors (Lipinski definition) is 1. The van der Waals surface area contributed by atoms with Crippen LogP contribution in [-0.4, -0.2) is 31.6 Å². The molecule has 0 amide bonds. The van der Waals surface area contributed by atoms with Crippen LogP contribution in [0.5, 0.6) is 0 Å². The molecule has 4 heteroatoms. The van der Waals surface area contributed by atoms with Gasteiger partial charge < -0.3 is 10.2 Å². The van der Waals surface area contributed by atoms with E-state index in [1.807, 2.05) is 18.2 Å². The summed E-state index contributed by atoms with van der Waals surface area (Å²) in [6.07, 6.45) is 1.18. The first-order chi connectivity index (χ1) is 8.91. The van der Waals surface area contributed by atoms with Gasteiger partial charge in [-0.2, -0.15) is 0 Å². The molecule has 1 aromatic carbocycles. The molecular formula is C15H24Cl2N2. The number of benzene rings is 1. The minimum Gasteiger partial charge on any atom is -0.311 e. The third-order valence-corrected chi connectivity index (χ3v) is 4.06. The van der Waals surface area contributed by atoms with Crippen LogP contribution in [0.2, 0.25) is 10.0 Å². The van der Waals surface area contributed by atoms with Crippen molar-refractivity contribution >= 4 is 23.2 Å². The van der Waals surface area contributed by atoms with Gasteiger partial charge in [-0.25, -0.2) is 0 Å². The fourth-order valence-corrected chi connectivity index (χ4v) is 2.47. The highest BCUT2D eigenvalue weighted by atomic mass is 35.5. The third-order valence-electron chi connectivity index (χ3n) is 3.20. The fourth-order valence-electron chi connectivity index (χ4n) is 2.08. The Morgan fingerprint density at radius 1 is 1.21 bits per heavy atom. The second-order valence-corrected chi connectivity index (χ2v) is 6.38. The van der Waals surface area contributed by atoms with Crippen molar-refractivity contribution in [2.24, 2.45) is 5.92 Å². The van der Waals surface area contributed by atoms with E-state index in [-0.39, 0.29) is 0 Å². The molecule has 1 rings (SSSR count). The molecule has 0 aliphatic heterocycles. The van der Waals surface area contributed by atoms with Crippen LogP contribution < -0.4 is 5.32 Å². The molecule has 1 unspecified atom stereocenters. The van der Waals surface area contributed by atoms with Crippen molar-refractivity contribution in [2.45, 2.75) is 32.9 Å².